The summed E-state index contributed by atoms with van der Waals surface area (Å²) in [6.45, 7) is 1.81. The molecule has 2 aromatic carbocycles. The number of nitrogens with one attached hydrogen (secondary N) is 1. The van der Waals surface area contributed by atoms with Gasteiger partial charge >= 0.3 is 0 Å². The molecule has 2 heterocycles. The quantitative estimate of drug-likeness (QED) is 0.393. The van der Waals surface area contributed by atoms with Crippen molar-refractivity contribution in [3.63, 3.8) is 0 Å². The lowest BCUT2D eigenvalue weighted by molar-refractivity contribution is -0.137. The summed E-state index contributed by atoms with van der Waals surface area (Å²) in [6, 6.07) is 19.3. The van der Waals surface area contributed by atoms with Crippen LogP contribution in [0.3, 0.4) is 0 Å². The number of nitrogens with two attached hydrogens (primary N) is 1. The number of amides is 2. The second kappa shape index (κ2) is 9.58. The van der Waals surface area contributed by atoms with E-state index in [1.54, 1.807) is 22.9 Å². The van der Waals surface area contributed by atoms with Crippen LogP contribution in [-0.2, 0) is 16.0 Å². The summed E-state index contributed by atoms with van der Waals surface area (Å²) in [7, 11) is 0. The third-order valence-corrected chi connectivity index (χ3v) is 5.83. The van der Waals surface area contributed by atoms with Gasteiger partial charge < -0.3 is 11.1 Å². The molecule has 0 aliphatic heterocycles. The zero-order chi connectivity index (χ0) is 23.4. The summed E-state index contributed by atoms with van der Waals surface area (Å²) < 4.78 is 1.58. The van der Waals surface area contributed by atoms with Crippen LogP contribution < -0.4 is 11.1 Å². The highest BCUT2D eigenvalue weighted by atomic mass is 32.1. The average Bonchev–Trinajstić information content (AvgIpc) is 3.46. The zero-order valence-corrected chi connectivity index (χ0v) is 18.6. The van der Waals surface area contributed by atoms with E-state index in [4.69, 9.17) is 5.73 Å². The number of carbonyl (C=O) groups is 3. The van der Waals surface area contributed by atoms with Gasteiger partial charge in [-0.3, -0.25) is 14.4 Å². The fourth-order valence-corrected chi connectivity index (χ4v) is 4.19. The summed E-state index contributed by atoms with van der Waals surface area (Å²) >= 11 is 1.40. The average molecular weight is 460 g/mol. The number of primary amides is 1. The maximum Gasteiger partial charge on any atom is 0.287 e. The number of rotatable bonds is 8. The Morgan fingerprint density at radius 3 is 2.39 bits per heavy atom. The van der Waals surface area contributed by atoms with Gasteiger partial charge in [0.2, 0.25) is 10.9 Å². The minimum atomic E-state index is -1.10. The second-order valence-electron chi connectivity index (χ2n) is 7.41. The van der Waals surface area contributed by atoms with E-state index in [2.05, 4.69) is 15.4 Å². The predicted molar refractivity (Wildman–Crippen MR) is 125 cm³/mol. The van der Waals surface area contributed by atoms with Crippen molar-refractivity contribution in [3.05, 3.63) is 89.1 Å². The first-order valence-corrected chi connectivity index (χ1v) is 11.1. The molecule has 8 nitrogen and oxygen atoms in total. The van der Waals surface area contributed by atoms with Crippen LogP contribution in [0.15, 0.2) is 72.1 Å². The van der Waals surface area contributed by atoms with Gasteiger partial charge in [-0.25, -0.2) is 9.67 Å². The monoisotopic (exact) mass is 459 g/mol. The van der Waals surface area contributed by atoms with Crippen molar-refractivity contribution < 1.29 is 14.4 Å². The lowest BCUT2D eigenvalue weighted by atomic mass is 10.0. The topological polar surface area (TPSA) is 120 Å². The molecule has 4 rings (SSSR count). The molecule has 166 valence electrons. The number of thiazole rings is 1. The molecule has 3 N–H and O–H groups in total. The molecule has 0 aliphatic carbocycles. The van der Waals surface area contributed by atoms with Crippen LogP contribution in [0.1, 0.15) is 21.7 Å². The maximum atomic E-state index is 12.9. The Hall–Kier alpha value is -4.11. The Bertz CT molecular complexity index is 1300. The van der Waals surface area contributed by atoms with Gasteiger partial charge in [-0.1, -0.05) is 60.7 Å². The van der Waals surface area contributed by atoms with Crippen molar-refractivity contribution in [1.29, 1.82) is 0 Å². The number of Topliss-reactive ketones (excluding diaryl/α,β-unsaturated/α-hetero) is 1. The molecule has 0 spiro atoms. The molecule has 0 aliphatic rings. The Kier molecular flexibility index (Phi) is 6.41. The first-order valence-electron chi connectivity index (χ1n) is 10.2. The predicted octanol–water partition coefficient (Wildman–Crippen LogP) is 2.70. The molecule has 0 bridgehead atoms. The number of aryl methyl sites for hydroxylation is 1. The molecule has 0 fully saturated rings. The smallest absolute Gasteiger partial charge is 0.287 e. The molecule has 1 unspecified atom stereocenters. The molecule has 0 saturated heterocycles. The third kappa shape index (κ3) is 5.04. The molecule has 1 atom stereocenters. The van der Waals surface area contributed by atoms with Crippen LogP contribution in [0.2, 0.25) is 0 Å². The second-order valence-corrected chi connectivity index (χ2v) is 8.24. The summed E-state index contributed by atoms with van der Waals surface area (Å²) in [5, 5.41) is 9.51. The summed E-state index contributed by atoms with van der Waals surface area (Å²) in [5.41, 5.74) is 8.59. The minimum Gasteiger partial charge on any atom is -0.363 e. The van der Waals surface area contributed by atoms with Gasteiger partial charge in [0.15, 0.2) is 5.69 Å². The van der Waals surface area contributed by atoms with Gasteiger partial charge in [-0.05, 0) is 18.6 Å². The fraction of sp³-hybridized carbons (Fsp3) is 0.125. The number of carbonyl (C=O) groups excluding carboxylic acids is 3. The van der Waals surface area contributed by atoms with Crippen LogP contribution in [0.5, 0.6) is 0 Å². The zero-order valence-electron chi connectivity index (χ0n) is 17.8. The molecule has 9 heteroatoms. The number of ketones is 1. The Morgan fingerprint density at radius 1 is 1.06 bits per heavy atom. The van der Waals surface area contributed by atoms with Crippen LogP contribution in [0.4, 0.5) is 0 Å². The Balaban J connectivity index is 1.55. The number of aromatic nitrogens is 3. The van der Waals surface area contributed by atoms with Crippen LogP contribution in [0, 0.1) is 6.92 Å². The standard InChI is InChI=1S/C24H21N5O3S/c1-15-12-19(28-29(15)24-27-20(14-33-24)17-10-6-3-7-11-17)23(32)26-18(21(30)22(25)31)13-16-8-4-2-5-9-16/h2-12,14,18H,13H2,1H3,(H2,25,31)(H,26,32). The number of hydrogen-bond donors (Lipinski definition) is 2. The number of benzene rings is 2. The first kappa shape index (κ1) is 22.1. The molecule has 2 amide bonds. The SMILES string of the molecule is Cc1cc(C(=O)NC(Cc2ccccc2)C(=O)C(N)=O)nn1-c1nc(-c2ccccc2)cs1. The van der Waals surface area contributed by atoms with Crippen molar-refractivity contribution in [3.8, 4) is 16.4 Å². The van der Waals surface area contributed by atoms with E-state index in [1.807, 2.05) is 60.8 Å². The molecule has 0 radical (unpaired) electrons. The van der Waals surface area contributed by atoms with Gasteiger partial charge in [0, 0.05) is 23.1 Å². The Labute approximate surface area is 194 Å². The largest absolute Gasteiger partial charge is 0.363 e. The van der Waals surface area contributed by atoms with Crippen molar-refractivity contribution in [2.75, 3.05) is 0 Å². The van der Waals surface area contributed by atoms with Crippen molar-refractivity contribution in [1.82, 2.24) is 20.1 Å². The third-order valence-electron chi connectivity index (χ3n) is 5.01. The van der Waals surface area contributed by atoms with Gasteiger partial charge in [0.1, 0.15) is 6.04 Å². The van der Waals surface area contributed by atoms with Crippen LogP contribution >= 0.6 is 11.3 Å². The van der Waals surface area contributed by atoms with Crippen molar-refractivity contribution in [2.24, 2.45) is 5.73 Å². The van der Waals surface area contributed by atoms with Gasteiger partial charge in [-0.2, -0.15) is 5.10 Å². The van der Waals surface area contributed by atoms with Crippen molar-refractivity contribution in [2.45, 2.75) is 19.4 Å². The van der Waals surface area contributed by atoms with E-state index >= 15 is 0 Å². The lowest BCUT2D eigenvalue weighted by Gasteiger charge is -2.15. The van der Waals surface area contributed by atoms with E-state index in [9.17, 15) is 14.4 Å². The van der Waals surface area contributed by atoms with Gasteiger partial charge in [-0.15, -0.1) is 11.3 Å². The molecular formula is C24H21N5O3S. The van der Waals surface area contributed by atoms with Crippen LogP contribution in [-0.4, -0.2) is 38.4 Å². The maximum absolute atomic E-state index is 12.9. The van der Waals surface area contributed by atoms with Gasteiger partial charge in [0.05, 0.1) is 5.69 Å². The summed E-state index contributed by atoms with van der Waals surface area (Å²) in [4.78, 5) is 41.3. The molecular weight excluding hydrogens is 438 g/mol. The minimum absolute atomic E-state index is 0.110. The lowest BCUT2D eigenvalue weighted by Crippen LogP contribution is -2.47. The Morgan fingerprint density at radius 2 is 1.73 bits per heavy atom. The highest BCUT2D eigenvalue weighted by molar-refractivity contribution is 7.12. The first-order chi connectivity index (χ1) is 15.9. The van der Waals surface area contributed by atoms with E-state index < -0.39 is 23.6 Å². The summed E-state index contributed by atoms with van der Waals surface area (Å²) in [6.07, 6.45) is 0.140. The highest BCUT2D eigenvalue weighted by Gasteiger charge is 2.27. The van der Waals surface area contributed by atoms with Crippen molar-refractivity contribution >= 4 is 28.9 Å². The number of nitrogens with zero attached hydrogens (tertiary/aromatic N) is 3. The molecule has 0 saturated carbocycles. The van der Waals surface area contributed by atoms with Crippen LogP contribution in [0.25, 0.3) is 16.4 Å². The van der Waals surface area contributed by atoms with E-state index in [1.165, 1.54) is 11.3 Å². The molecule has 33 heavy (non-hydrogen) atoms. The number of hydrogen-bond acceptors (Lipinski definition) is 6. The molecule has 4 aromatic rings. The van der Waals surface area contributed by atoms with E-state index in [0.29, 0.717) is 10.8 Å². The van der Waals surface area contributed by atoms with E-state index in [-0.39, 0.29) is 12.1 Å². The highest BCUT2D eigenvalue weighted by Crippen LogP contribution is 2.24. The van der Waals surface area contributed by atoms with Gasteiger partial charge in [0.25, 0.3) is 11.8 Å². The fourth-order valence-electron chi connectivity index (χ4n) is 3.35. The molecule has 2 aromatic heterocycles. The normalized spacial score (nSPS) is 11.7. The summed E-state index contributed by atoms with van der Waals surface area (Å²) in [5.74, 6) is -2.54. The van der Waals surface area contributed by atoms with E-state index in [0.717, 1.165) is 16.8 Å².